The summed E-state index contributed by atoms with van der Waals surface area (Å²) in [5.41, 5.74) is 5.38. The van der Waals surface area contributed by atoms with E-state index in [1.807, 2.05) is 18.2 Å². The lowest BCUT2D eigenvalue weighted by atomic mass is 9.98. The minimum Gasteiger partial charge on any atom is -0.491 e. The molecule has 1 atom stereocenters. The lowest BCUT2D eigenvalue weighted by Crippen LogP contribution is -2.47. The van der Waals surface area contributed by atoms with Gasteiger partial charge in [0, 0.05) is 35.8 Å². The summed E-state index contributed by atoms with van der Waals surface area (Å²) >= 11 is 0. The number of benzene rings is 3. The average molecular weight is 527 g/mol. The van der Waals surface area contributed by atoms with Crippen molar-refractivity contribution in [3.05, 3.63) is 114 Å². The number of unbranched alkanes of at least 4 members (excludes halogenated alkanes) is 1. The molecule has 1 unspecified atom stereocenters. The molecule has 39 heavy (non-hydrogen) atoms. The summed E-state index contributed by atoms with van der Waals surface area (Å²) in [6, 6.07) is 29.6. The van der Waals surface area contributed by atoms with Gasteiger partial charge < -0.3 is 14.2 Å². The minimum atomic E-state index is -0.265. The first-order valence-electron chi connectivity index (χ1n) is 13.9. The van der Waals surface area contributed by atoms with E-state index in [4.69, 9.17) is 14.2 Å². The van der Waals surface area contributed by atoms with Crippen LogP contribution in [0.3, 0.4) is 0 Å². The van der Waals surface area contributed by atoms with Crippen molar-refractivity contribution in [2.24, 2.45) is 0 Å². The van der Waals surface area contributed by atoms with Gasteiger partial charge in [0.25, 0.3) is 0 Å². The van der Waals surface area contributed by atoms with E-state index >= 15 is 0 Å². The molecule has 4 rings (SSSR count). The van der Waals surface area contributed by atoms with Crippen LogP contribution in [-0.2, 0) is 20.8 Å². The van der Waals surface area contributed by atoms with E-state index in [-0.39, 0.29) is 5.97 Å². The Hall–Kier alpha value is -3.67. The number of quaternary nitrogens is 1. The molecule has 0 aliphatic carbocycles. The number of para-hydroxylation sites is 1. The van der Waals surface area contributed by atoms with E-state index < -0.39 is 0 Å². The first kappa shape index (κ1) is 28.3. The summed E-state index contributed by atoms with van der Waals surface area (Å²) in [6.45, 7) is 5.67. The van der Waals surface area contributed by atoms with Crippen molar-refractivity contribution < 1.29 is 19.0 Å². The molecule has 0 aromatic heterocycles. The zero-order valence-corrected chi connectivity index (χ0v) is 23.2. The Morgan fingerprint density at radius 3 is 2.26 bits per heavy atom. The van der Waals surface area contributed by atoms with E-state index in [2.05, 4.69) is 85.8 Å². The van der Waals surface area contributed by atoms with Crippen molar-refractivity contribution in [2.75, 3.05) is 33.5 Å². The summed E-state index contributed by atoms with van der Waals surface area (Å²) < 4.78 is 17.3. The standard InChI is InChI=1S/C34H40NO4/c1-3-4-24-38-25-26-39-32-20-17-29(18-21-32)33-22-19-30(34(36)37-2)14-11-23-35(33,31-15-9-6-10-16-31)27-28-12-7-5-8-13-28/h5-10,12-13,15-22H,3-4,11,14,23-27H2,1-2H3/q+1. The van der Waals surface area contributed by atoms with Crippen molar-refractivity contribution in [1.29, 1.82) is 0 Å². The van der Waals surface area contributed by atoms with Gasteiger partial charge in [-0.05, 0) is 55.3 Å². The van der Waals surface area contributed by atoms with Crippen molar-refractivity contribution in [2.45, 2.75) is 39.2 Å². The highest BCUT2D eigenvalue weighted by molar-refractivity contribution is 5.89. The van der Waals surface area contributed by atoms with Crippen LogP contribution in [0.4, 0.5) is 5.69 Å². The molecule has 3 aromatic rings. The van der Waals surface area contributed by atoms with E-state index in [1.54, 1.807) is 0 Å². The quantitative estimate of drug-likeness (QED) is 0.141. The van der Waals surface area contributed by atoms with Gasteiger partial charge in [-0.15, -0.1) is 0 Å². The molecule has 5 heteroatoms. The van der Waals surface area contributed by atoms with Crippen molar-refractivity contribution >= 4 is 17.4 Å². The lowest BCUT2D eigenvalue weighted by Gasteiger charge is -2.40. The molecule has 1 heterocycles. The second-order valence-corrected chi connectivity index (χ2v) is 9.85. The number of methoxy groups -OCH3 is 1. The highest BCUT2D eigenvalue weighted by Crippen LogP contribution is 2.39. The number of hydrogen-bond donors (Lipinski definition) is 0. The molecule has 0 spiro atoms. The number of esters is 1. The summed E-state index contributed by atoms with van der Waals surface area (Å²) in [5, 5.41) is 0. The molecule has 5 nitrogen and oxygen atoms in total. The van der Waals surface area contributed by atoms with Crippen molar-refractivity contribution in [3.63, 3.8) is 0 Å². The topological polar surface area (TPSA) is 44.8 Å². The second kappa shape index (κ2) is 14.5. The summed E-state index contributed by atoms with van der Waals surface area (Å²) in [5.74, 6) is 0.550. The normalized spacial score (nSPS) is 17.4. The number of hydrogen-bond acceptors (Lipinski definition) is 4. The third-order valence-electron chi connectivity index (χ3n) is 7.17. The smallest absolute Gasteiger partial charge is 0.333 e. The first-order chi connectivity index (χ1) is 19.2. The molecule has 0 bridgehead atoms. The molecule has 3 aromatic carbocycles. The van der Waals surface area contributed by atoms with Crippen LogP contribution in [0.25, 0.3) is 5.70 Å². The fraction of sp³-hybridized carbons (Fsp3) is 0.324. The Morgan fingerprint density at radius 1 is 0.846 bits per heavy atom. The molecule has 1 aliphatic heterocycles. The minimum absolute atomic E-state index is 0.265. The van der Waals surface area contributed by atoms with Gasteiger partial charge in [0.15, 0.2) is 0 Å². The van der Waals surface area contributed by atoms with Gasteiger partial charge in [0.1, 0.15) is 30.3 Å². The zero-order valence-electron chi connectivity index (χ0n) is 23.2. The van der Waals surface area contributed by atoms with Crippen LogP contribution in [0.15, 0.2) is 103 Å². The van der Waals surface area contributed by atoms with Gasteiger partial charge in [-0.2, -0.15) is 0 Å². The van der Waals surface area contributed by atoms with E-state index in [9.17, 15) is 4.79 Å². The van der Waals surface area contributed by atoms with Crippen LogP contribution in [0.5, 0.6) is 5.75 Å². The van der Waals surface area contributed by atoms with Crippen LogP contribution >= 0.6 is 0 Å². The van der Waals surface area contributed by atoms with Crippen molar-refractivity contribution in [3.8, 4) is 5.75 Å². The van der Waals surface area contributed by atoms with Crippen LogP contribution in [0.2, 0.25) is 0 Å². The van der Waals surface area contributed by atoms with Gasteiger partial charge in [0.05, 0.1) is 20.3 Å². The van der Waals surface area contributed by atoms with Crippen LogP contribution in [-0.4, -0.2) is 39.4 Å². The molecule has 0 radical (unpaired) electrons. The fourth-order valence-corrected chi connectivity index (χ4v) is 5.13. The monoisotopic (exact) mass is 526 g/mol. The van der Waals surface area contributed by atoms with Gasteiger partial charge in [-0.25, -0.2) is 4.79 Å². The van der Waals surface area contributed by atoms with E-state index in [1.165, 1.54) is 18.4 Å². The number of allylic oxidation sites excluding steroid dienone is 2. The van der Waals surface area contributed by atoms with Crippen LogP contribution < -0.4 is 9.22 Å². The second-order valence-electron chi connectivity index (χ2n) is 9.85. The van der Waals surface area contributed by atoms with Gasteiger partial charge >= 0.3 is 5.97 Å². The number of carbonyl (C=O) groups excluding carboxylic acids is 1. The SMILES string of the molecule is CCCCOCCOc1ccc(C2=CC=C(C(=O)OC)CCC[N+]2(Cc2ccccc2)c2ccccc2)cc1. The highest BCUT2D eigenvalue weighted by atomic mass is 16.5. The molecular weight excluding hydrogens is 486 g/mol. The number of rotatable bonds is 12. The zero-order chi connectivity index (χ0) is 27.3. The molecule has 0 fully saturated rings. The maximum atomic E-state index is 12.5. The third kappa shape index (κ3) is 7.47. The van der Waals surface area contributed by atoms with Crippen LogP contribution in [0, 0.1) is 0 Å². The Balaban J connectivity index is 1.72. The Labute approximate surface area is 232 Å². The molecule has 0 saturated heterocycles. The maximum Gasteiger partial charge on any atom is 0.333 e. The third-order valence-corrected chi connectivity index (χ3v) is 7.17. The molecular formula is C34H40NO4+. The average Bonchev–Trinajstić information content (AvgIpc) is 2.97. The molecule has 0 N–H and O–H groups in total. The Kier molecular flexibility index (Phi) is 10.5. The number of ether oxygens (including phenoxy) is 3. The molecule has 1 aliphatic rings. The Bertz CT molecular complexity index is 1240. The van der Waals surface area contributed by atoms with Gasteiger partial charge in [0.2, 0.25) is 0 Å². The number of carbonyl (C=O) groups is 1. The van der Waals surface area contributed by atoms with Gasteiger partial charge in [-0.1, -0.05) is 61.9 Å². The molecule has 0 amide bonds. The molecule has 0 saturated carbocycles. The predicted octanol–water partition coefficient (Wildman–Crippen LogP) is 7.32. The number of nitrogens with zero attached hydrogens (tertiary/aromatic N) is 1. The fourth-order valence-electron chi connectivity index (χ4n) is 5.13. The van der Waals surface area contributed by atoms with Gasteiger partial charge in [-0.3, -0.25) is 4.48 Å². The maximum absolute atomic E-state index is 12.5. The lowest BCUT2D eigenvalue weighted by molar-refractivity contribution is -0.136. The Morgan fingerprint density at radius 2 is 1.56 bits per heavy atom. The largest absolute Gasteiger partial charge is 0.491 e. The summed E-state index contributed by atoms with van der Waals surface area (Å²) in [7, 11) is 1.44. The summed E-state index contributed by atoms with van der Waals surface area (Å²) in [6.07, 6.45) is 7.77. The van der Waals surface area contributed by atoms with Crippen molar-refractivity contribution in [1.82, 2.24) is 4.48 Å². The van der Waals surface area contributed by atoms with Crippen LogP contribution in [0.1, 0.15) is 43.7 Å². The highest BCUT2D eigenvalue weighted by Gasteiger charge is 2.37. The predicted molar refractivity (Wildman–Crippen MR) is 158 cm³/mol. The summed E-state index contributed by atoms with van der Waals surface area (Å²) in [4.78, 5) is 12.5. The van der Waals surface area contributed by atoms with E-state index in [0.29, 0.717) is 29.7 Å². The van der Waals surface area contributed by atoms with E-state index in [0.717, 1.165) is 56.0 Å². The first-order valence-corrected chi connectivity index (χ1v) is 13.9. The molecule has 204 valence electrons.